The molecule has 2 unspecified atom stereocenters. The van der Waals surface area contributed by atoms with Crippen molar-refractivity contribution in [2.75, 3.05) is 9.80 Å². The predicted octanol–water partition coefficient (Wildman–Crippen LogP) is 17.7. The van der Waals surface area contributed by atoms with Crippen molar-refractivity contribution in [2.24, 2.45) is 11.8 Å². The minimum absolute atomic E-state index is 0.738. The summed E-state index contributed by atoms with van der Waals surface area (Å²) in [6.45, 7) is 13.6. The van der Waals surface area contributed by atoms with Crippen LogP contribution in [0.3, 0.4) is 0 Å². The number of anilines is 6. The summed E-state index contributed by atoms with van der Waals surface area (Å²) in [5, 5.41) is 7.69. The van der Waals surface area contributed by atoms with E-state index in [-0.39, 0.29) is 0 Å². The van der Waals surface area contributed by atoms with Gasteiger partial charge in [0.1, 0.15) is 0 Å². The van der Waals surface area contributed by atoms with Gasteiger partial charge in [0.05, 0.1) is 11.4 Å². The fourth-order valence-corrected chi connectivity index (χ4v) is 9.52. The summed E-state index contributed by atoms with van der Waals surface area (Å²) < 4.78 is 0. The van der Waals surface area contributed by atoms with Crippen molar-refractivity contribution in [1.82, 2.24) is 0 Å². The van der Waals surface area contributed by atoms with E-state index < -0.39 is 0 Å². The van der Waals surface area contributed by atoms with Crippen LogP contribution in [0.25, 0.3) is 32.3 Å². The molecule has 0 aliphatic rings. The molecule has 60 heavy (non-hydrogen) atoms. The van der Waals surface area contributed by atoms with Crippen molar-refractivity contribution < 1.29 is 0 Å². The maximum absolute atomic E-state index is 2.47. The highest BCUT2D eigenvalue weighted by Gasteiger charge is 2.22. The van der Waals surface area contributed by atoms with E-state index in [2.05, 4.69) is 197 Å². The number of rotatable bonds is 18. The van der Waals surface area contributed by atoms with E-state index in [9.17, 15) is 0 Å². The number of nitrogens with zero attached hydrogens (tertiary/aromatic N) is 2. The van der Waals surface area contributed by atoms with Crippen molar-refractivity contribution in [3.63, 3.8) is 0 Å². The van der Waals surface area contributed by atoms with E-state index >= 15 is 0 Å². The third-order valence-corrected chi connectivity index (χ3v) is 13.2. The van der Waals surface area contributed by atoms with Crippen molar-refractivity contribution >= 4 is 66.4 Å². The van der Waals surface area contributed by atoms with E-state index in [1.54, 1.807) is 0 Å². The van der Waals surface area contributed by atoms with Crippen molar-refractivity contribution in [3.05, 3.63) is 168 Å². The Labute approximate surface area is 360 Å². The van der Waals surface area contributed by atoms with E-state index in [0.29, 0.717) is 0 Å². The first-order valence-corrected chi connectivity index (χ1v) is 23.0. The molecule has 0 fully saturated rings. The lowest BCUT2D eigenvalue weighted by molar-refractivity contribution is 0.449. The quantitative estimate of drug-likeness (QED) is 0.0799. The molecule has 0 amide bonds. The second-order valence-electron chi connectivity index (χ2n) is 17.5. The van der Waals surface area contributed by atoms with Gasteiger partial charge in [0.15, 0.2) is 0 Å². The van der Waals surface area contributed by atoms with Crippen LogP contribution in [0.15, 0.2) is 146 Å². The fraction of sp³-hybridized carbons (Fsp3) is 0.310. The number of aryl methyl sites for hydroxylation is 2. The summed E-state index contributed by atoms with van der Waals surface area (Å²) in [5.74, 6) is 1.48. The van der Waals surface area contributed by atoms with Gasteiger partial charge in [0.25, 0.3) is 0 Å². The number of benzene rings is 8. The van der Waals surface area contributed by atoms with Crippen LogP contribution in [0.2, 0.25) is 0 Å². The molecular weight excluding hydrogens is 725 g/mol. The number of hydrogen-bond acceptors (Lipinski definition) is 2. The molecule has 0 N–H and O–H groups in total. The lowest BCUT2D eigenvalue weighted by Gasteiger charge is -2.29. The maximum Gasteiger partial charge on any atom is 0.0540 e. The Morgan fingerprint density at radius 2 is 0.717 bits per heavy atom. The van der Waals surface area contributed by atoms with Gasteiger partial charge in [-0.25, -0.2) is 0 Å². The summed E-state index contributed by atoms with van der Waals surface area (Å²) in [6, 6.07) is 55.6. The van der Waals surface area contributed by atoms with Gasteiger partial charge in [-0.1, -0.05) is 175 Å². The van der Waals surface area contributed by atoms with Crippen LogP contribution >= 0.6 is 0 Å². The molecule has 0 saturated heterocycles. The average Bonchev–Trinajstić information content (AvgIpc) is 3.28. The molecule has 0 aliphatic heterocycles. The van der Waals surface area contributed by atoms with Crippen LogP contribution in [-0.2, 0) is 12.8 Å². The molecule has 0 saturated carbocycles. The lowest BCUT2D eigenvalue weighted by Crippen LogP contribution is -2.12. The van der Waals surface area contributed by atoms with E-state index in [0.717, 1.165) is 24.7 Å². The third-order valence-electron chi connectivity index (χ3n) is 13.2. The zero-order valence-electron chi connectivity index (χ0n) is 37.0. The Kier molecular flexibility index (Phi) is 12.9. The van der Waals surface area contributed by atoms with Crippen LogP contribution in [0.1, 0.15) is 101 Å². The average molecular weight is 789 g/mol. The molecule has 306 valence electrons. The first kappa shape index (κ1) is 41.1. The zero-order valence-corrected chi connectivity index (χ0v) is 37.0. The second-order valence-corrected chi connectivity index (χ2v) is 17.5. The van der Waals surface area contributed by atoms with Crippen LogP contribution in [0.5, 0.6) is 0 Å². The molecule has 8 aromatic carbocycles. The molecule has 0 spiro atoms. The standard InChI is InChI=1S/C58H64N2/c1-7-11-13-43(9-3)39-45-19-31-51(32-20-45)59(49-27-15-41(5)16-28-49)55-37-25-47-24-36-54-56(38-26-48-23-35-53(55)57(47)58(48)54)60(50-29-17-42(6)18-30-50)52-33-21-46(22-34-52)40-44(10-4)14-12-8-2/h15-38,43-44H,7-14,39-40H2,1-6H3. The minimum Gasteiger partial charge on any atom is -0.310 e. The summed E-state index contributed by atoms with van der Waals surface area (Å²) in [4.78, 5) is 4.94. The summed E-state index contributed by atoms with van der Waals surface area (Å²) in [5.41, 5.74) is 12.5. The van der Waals surface area contributed by atoms with Crippen molar-refractivity contribution in [1.29, 1.82) is 0 Å². The Hall–Kier alpha value is -5.60. The molecule has 8 rings (SSSR count). The summed E-state index contributed by atoms with van der Waals surface area (Å²) in [6.07, 6.45) is 12.5. The number of hydrogen-bond donors (Lipinski definition) is 0. The van der Waals surface area contributed by atoms with Gasteiger partial charge in [-0.05, 0) is 132 Å². The maximum atomic E-state index is 2.47. The molecule has 0 bridgehead atoms. The SMILES string of the molecule is CCCCC(CC)Cc1ccc(N(c2ccc(C)cc2)c2ccc3ccc4c(N(c5ccc(C)cc5)c5ccc(CC(CC)CCCC)cc5)ccc5ccc2c3c54)cc1. The Balaban J connectivity index is 1.25. The molecule has 2 heteroatoms. The predicted molar refractivity (Wildman–Crippen MR) is 263 cm³/mol. The second kappa shape index (κ2) is 18.8. The van der Waals surface area contributed by atoms with Gasteiger partial charge in [-0.2, -0.15) is 0 Å². The lowest BCUT2D eigenvalue weighted by atomic mass is 9.91. The zero-order chi connectivity index (χ0) is 41.6. The molecule has 8 aromatic rings. The fourth-order valence-electron chi connectivity index (χ4n) is 9.52. The van der Waals surface area contributed by atoms with E-state index in [1.807, 2.05) is 0 Å². The summed E-state index contributed by atoms with van der Waals surface area (Å²) in [7, 11) is 0. The molecular formula is C58H64N2. The monoisotopic (exact) mass is 789 g/mol. The minimum atomic E-state index is 0.738. The van der Waals surface area contributed by atoms with Gasteiger partial charge in [-0.15, -0.1) is 0 Å². The van der Waals surface area contributed by atoms with Crippen molar-refractivity contribution in [3.8, 4) is 0 Å². The smallest absolute Gasteiger partial charge is 0.0540 e. The molecule has 0 heterocycles. The van der Waals surface area contributed by atoms with E-state index in [1.165, 1.54) is 140 Å². The van der Waals surface area contributed by atoms with Crippen LogP contribution in [0.4, 0.5) is 34.1 Å². The normalized spacial score (nSPS) is 12.7. The largest absolute Gasteiger partial charge is 0.310 e. The molecule has 2 nitrogen and oxygen atoms in total. The topological polar surface area (TPSA) is 6.48 Å². The Bertz CT molecular complexity index is 2420. The van der Waals surface area contributed by atoms with Gasteiger partial charge >= 0.3 is 0 Å². The molecule has 2 atom stereocenters. The highest BCUT2D eigenvalue weighted by atomic mass is 15.1. The number of unbranched alkanes of at least 4 members (excludes halogenated alkanes) is 2. The highest BCUT2D eigenvalue weighted by molar-refractivity contribution is 6.28. The molecule has 0 radical (unpaired) electrons. The first-order valence-electron chi connectivity index (χ1n) is 23.0. The first-order chi connectivity index (χ1) is 29.4. The third kappa shape index (κ3) is 8.66. The van der Waals surface area contributed by atoms with Gasteiger partial charge < -0.3 is 9.80 Å². The van der Waals surface area contributed by atoms with E-state index in [4.69, 9.17) is 0 Å². The van der Waals surface area contributed by atoms with Crippen molar-refractivity contribution in [2.45, 2.75) is 106 Å². The Morgan fingerprint density at radius 3 is 1.05 bits per heavy atom. The van der Waals surface area contributed by atoms with Gasteiger partial charge in [0.2, 0.25) is 0 Å². The van der Waals surface area contributed by atoms with Gasteiger partial charge in [0, 0.05) is 33.5 Å². The summed E-state index contributed by atoms with van der Waals surface area (Å²) >= 11 is 0. The molecule has 0 aliphatic carbocycles. The van der Waals surface area contributed by atoms with Crippen LogP contribution in [-0.4, -0.2) is 0 Å². The highest BCUT2D eigenvalue weighted by Crippen LogP contribution is 2.47. The van der Waals surface area contributed by atoms with Gasteiger partial charge in [-0.3, -0.25) is 0 Å². The molecule has 0 aromatic heterocycles. The van der Waals surface area contributed by atoms with Crippen LogP contribution in [0, 0.1) is 25.7 Å². The Morgan fingerprint density at radius 1 is 0.383 bits per heavy atom. The van der Waals surface area contributed by atoms with Crippen LogP contribution < -0.4 is 9.80 Å².